The molecule has 13 heavy (non-hydrogen) atoms. The smallest absolute Gasteiger partial charge is 0.313 e. The van der Waals surface area contributed by atoms with E-state index in [0.717, 1.165) is 0 Å². The fourth-order valence-electron chi connectivity index (χ4n) is 1.30. The molecular weight excluding hydrogens is 172 g/mol. The molecule has 2 rings (SSSR count). The predicted octanol–water partition coefficient (Wildman–Crippen LogP) is 1.40. The van der Waals surface area contributed by atoms with Crippen LogP contribution in [0, 0.1) is 10.1 Å². The van der Waals surface area contributed by atoms with Crippen LogP contribution >= 0.6 is 0 Å². The number of nitro groups is 1. The van der Waals surface area contributed by atoms with Crippen molar-refractivity contribution in [1.29, 1.82) is 0 Å². The summed E-state index contributed by atoms with van der Waals surface area (Å²) in [7, 11) is 0. The van der Waals surface area contributed by atoms with Crippen molar-refractivity contribution in [3.63, 3.8) is 0 Å². The van der Waals surface area contributed by atoms with Gasteiger partial charge in [0.15, 0.2) is 0 Å². The van der Waals surface area contributed by atoms with Gasteiger partial charge in [0.25, 0.3) is 0 Å². The highest BCUT2D eigenvalue weighted by molar-refractivity contribution is 5.67. The largest absolute Gasteiger partial charge is 0.484 e. The van der Waals surface area contributed by atoms with Gasteiger partial charge in [-0.3, -0.25) is 10.1 Å². The van der Waals surface area contributed by atoms with Crippen molar-refractivity contribution in [3.05, 3.63) is 28.3 Å². The number of hydrogen-bond acceptors (Lipinski definition) is 4. The number of nitrogens with one attached hydrogen (secondary N) is 1. The van der Waals surface area contributed by atoms with Crippen molar-refractivity contribution in [3.8, 4) is 5.75 Å². The Bertz CT molecular complexity index is 351. The monoisotopic (exact) mass is 180 g/mol. The van der Waals surface area contributed by atoms with Gasteiger partial charge in [-0.05, 0) is 6.07 Å². The van der Waals surface area contributed by atoms with Crippen molar-refractivity contribution in [2.24, 2.45) is 0 Å². The van der Waals surface area contributed by atoms with Crippen LogP contribution in [-0.2, 0) is 0 Å². The second-order valence-corrected chi connectivity index (χ2v) is 2.69. The molecule has 0 atom stereocenters. The Morgan fingerprint density at radius 3 is 3.15 bits per heavy atom. The molecule has 0 fully saturated rings. The number of nitro benzene ring substituents is 1. The second-order valence-electron chi connectivity index (χ2n) is 2.69. The van der Waals surface area contributed by atoms with Crippen LogP contribution in [0.4, 0.5) is 11.4 Å². The van der Waals surface area contributed by atoms with E-state index in [1.807, 2.05) is 0 Å². The van der Waals surface area contributed by atoms with Gasteiger partial charge in [-0.2, -0.15) is 0 Å². The first-order valence-electron chi connectivity index (χ1n) is 3.93. The van der Waals surface area contributed by atoms with E-state index in [4.69, 9.17) is 4.74 Å². The average molecular weight is 180 g/mol. The van der Waals surface area contributed by atoms with Crippen molar-refractivity contribution in [2.75, 3.05) is 18.5 Å². The third-order valence-corrected chi connectivity index (χ3v) is 1.85. The standard InChI is InChI=1S/C8H8N2O3/c11-10(12)7-3-1-2-6-8(7)13-5-4-9-6/h1-3,9H,4-5H2. The van der Waals surface area contributed by atoms with Gasteiger partial charge in [-0.15, -0.1) is 0 Å². The van der Waals surface area contributed by atoms with Crippen molar-refractivity contribution in [1.82, 2.24) is 0 Å². The molecule has 1 aliphatic rings. The van der Waals surface area contributed by atoms with Gasteiger partial charge in [0.1, 0.15) is 6.61 Å². The fourth-order valence-corrected chi connectivity index (χ4v) is 1.30. The van der Waals surface area contributed by atoms with Crippen LogP contribution in [0.5, 0.6) is 5.75 Å². The van der Waals surface area contributed by atoms with E-state index in [1.54, 1.807) is 12.1 Å². The summed E-state index contributed by atoms with van der Waals surface area (Å²) in [6.07, 6.45) is 0. The molecule has 0 saturated heterocycles. The minimum atomic E-state index is -0.439. The molecule has 0 radical (unpaired) electrons. The van der Waals surface area contributed by atoms with Gasteiger partial charge >= 0.3 is 5.69 Å². The number of para-hydroxylation sites is 1. The summed E-state index contributed by atoms with van der Waals surface area (Å²) in [5, 5.41) is 13.6. The third kappa shape index (κ3) is 1.28. The Balaban J connectivity index is 2.52. The zero-order valence-electron chi connectivity index (χ0n) is 6.82. The number of hydrogen-bond donors (Lipinski definition) is 1. The summed E-state index contributed by atoms with van der Waals surface area (Å²) in [5.74, 6) is 0.346. The summed E-state index contributed by atoms with van der Waals surface area (Å²) in [5.41, 5.74) is 0.713. The quantitative estimate of drug-likeness (QED) is 0.524. The summed E-state index contributed by atoms with van der Waals surface area (Å²) >= 11 is 0. The Morgan fingerprint density at radius 2 is 2.38 bits per heavy atom. The number of fused-ring (bicyclic) bond motifs is 1. The number of anilines is 1. The van der Waals surface area contributed by atoms with Crippen LogP contribution in [0.25, 0.3) is 0 Å². The molecule has 1 aliphatic heterocycles. The lowest BCUT2D eigenvalue weighted by atomic mass is 10.2. The Kier molecular flexibility index (Phi) is 1.77. The molecule has 5 heteroatoms. The first kappa shape index (κ1) is 7.85. The van der Waals surface area contributed by atoms with Crippen LogP contribution in [0.1, 0.15) is 0 Å². The molecule has 1 aromatic carbocycles. The van der Waals surface area contributed by atoms with E-state index in [1.165, 1.54) is 6.07 Å². The predicted molar refractivity (Wildman–Crippen MR) is 47.1 cm³/mol. The molecule has 0 bridgehead atoms. The van der Waals surface area contributed by atoms with E-state index in [0.29, 0.717) is 24.6 Å². The molecule has 0 unspecified atom stereocenters. The Hall–Kier alpha value is -1.78. The molecule has 0 spiro atoms. The summed E-state index contributed by atoms with van der Waals surface area (Å²) < 4.78 is 5.21. The number of nitrogens with zero attached hydrogens (tertiary/aromatic N) is 1. The molecule has 0 aliphatic carbocycles. The van der Waals surface area contributed by atoms with E-state index in [-0.39, 0.29) is 5.69 Å². The van der Waals surface area contributed by atoms with Gasteiger partial charge in [0, 0.05) is 12.6 Å². The number of ether oxygens (including phenoxy) is 1. The summed E-state index contributed by atoms with van der Waals surface area (Å²) in [4.78, 5) is 10.1. The maximum atomic E-state index is 10.6. The van der Waals surface area contributed by atoms with Gasteiger partial charge in [-0.1, -0.05) is 6.07 Å². The minimum Gasteiger partial charge on any atom is -0.484 e. The van der Waals surface area contributed by atoms with E-state index in [9.17, 15) is 10.1 Å². The van der Waals surface area contributed by atoms with Crippen LogP contribution in [-0.4, -0.2) is 18.1 Å². The van der Waals surface area contributed by atoms with Crippen LogP contribution < -0.4 is 10.1 Å². The molecule has 1 heterocycles. The number of benzene rings is 1. The molecular formula is C8H8N2O3. The number of rotatable bonds is 1. The SMILES string of the molecule is O=[N+]([O-])c1cccc2c1OCCN2. The summed E-state index contributed by atoms with van der Waals surface area (Å²) in [6.45, 7) is 1.16. The van der Waals surface area contributed by atoms with Crippen LogP contribution in [0.3, 0.4) is 0 Å². The molecule has 1 aromatic rings. The topological polar surface area (TPSA) is 64.4 Å². The average Bonchev–Trinajstić information content (AvgIpc) is 2.17. The first-order chi connectivity index (χ1) is 6.29. The maximum Gasteiger partial charge on any atom is 0.313 e. The van der Waals surface area contributed by atoms with Gasteiger partial charge in [0.05, 0.1) is 10.6 Å². The van der Waals surface area contributed by atoms with Crippen molar-refractivity contribution < 1.29 is 9.66 Å². The zero-order chi connectivity index (χ0) is 9.26. The van der Waals surface area contributed by atoms with Gasteiger partial charge < -0.3 is 10.1 Å². The highest BCUT2D eigenvalue weighted by Gasteiger charge is 2.21. The van der Waals surface area contributed by atoms with Gasteiger partial charge in [-0.25, -0.2) is 0 Å². The zero-order valence-corrected chi connectivity index (χ0v) is 6.82. The molecule has 0 amide bonds. The van der Waals surface area contributed by atoms with E-state index < -0.39 is 4.92 Å². The molecule has 5 nitrogen and oxygen atoms in total. The van der Waals surface area contributed by atoms with Gasteiger partial charge in [0.2, 0.25) is 5.75 Å². The van der Waals surface area contributed by atoms with Crippen molar-refractivity contribution >= 4 is 11.4 Å². The van der Waals surface area contributed by atoms with Crippen LogP contribution in [0.2, 0.25) is 0 Å². The fraction of sp³-hybridized carbons (Fsp3) is 0.250. The lowest BCUT2D eigenvalue weighted by molar-refractivity contribution is -0.385. The lowest BCUT2D eigenvalue weighted by Gasteiger charge is -2.18. The third-order valence-electron chi connectivity index (χ3n) is 1.85. The van der Waals surface area contributed by atoms with E-state index >= 15 is 0 Å². The summed E-state index contributed by atoms with van der Waals surface area (Å²) in [6, 6.07) is 4.84. The molecule has 1 N–H and O–H groups in total. The minimum absolute atomic E-state index is 0.0182. The lowest BCUT2D eigenvalue weighted by Crippen LogP contribution is -2.18. The molecule has 0 aromatic heterocycles. The molecule has 68 valence electrons. The highest BCUT2D eigenvalue weighted by Crippen LogP contribution is 2.36. The Labute approximate surface area is 74.5 Å². The maximum absolute atomic E-state index is 10.6. The highest BCUT2D eigenvalue weighted by atomic mass is 16.6. The first-order valence-corrected chi connectivity index (χ1v) is 3.93. The normalized spacial score (nSPS) is 13.8. The van der Waals surface area contributed by atoms with Crippen molar-refractivity contribution in [2.45, 2.75) is 0 Å². The molecule has 0 saturated carbocycles. The Morgan fingerprint density at radius 1 is 1.54 bits per heavy atom. The second kappa shape index (κ2) is 2.93. The van der Waals surface area contributed by atoms with Crippen LogP contribution in [0.15, 0.2) is 18.2 Å². The van der Waals surface area contributed by atoms with E-state index in [2.05, 4.69) is 5.32 Å².